The Bertz CT molecular complexity index is 1150. The number of carbonyl (C=O) groups excluding carboxylic acids is 2. The van der Waals surface area contributed by atoms with Crippen molar-refractivity contribution in [3.05, 3.63) is 93.4 Å². The van der Waals surface area contributed by atoms with E-state index in [4.69, 9.17) is 4.42 Å². The Morgan fingerprint density at radius 3 is 2.41 bits per heavy atom. The first-order valence-electron chi connectivity index (χ1n) is 10.4. The fraction of sp³-hybridized carbons (Fsp3) is 0.250. The van der Waals surface area contributed by atoms with Gasteiger partial charge in [-0.1, -0.05) is 30.3 Å². The van der Waals surface area contributed by atoms with Gasteiger partial charge in [0.25, 0.3) is 11.6 Å². The molecule has 3 aromatic rings. The maximum atomic E-state index is 12.7. The second-order valence-corrected chi connectivity index (χ2v) is 7.78. The molecule has 8 nitrogen and oxygen atoms in total. The van der Waals surface area contributed by atoms with E-state index in [0.717, 1.165) is 0 Å². The molecular weight excluding hydrogens is 410 g/mol. The van der Waals surface area contributed by atoms with Crippen LogP contribution in [0.25, 0.3) is 0 Å². The van der Waals surface area contributed by atoms with Gasteiger partial charge in [-0.15, -0.1) is 0 Å². The van der Waals surface area contributed by atoms with Gasteiger partial charge >= 0.3 is 0 Å². The van der Waals surface area contributed by atoms with E-state index in [1.807, 2.05) is 11.0 Å². The van der Waals surface area contributed by atoms with Crippen LogP contribution in [0.1, 0.15) is 44.9 Å². The summed E-state index contributed by atoms with van der Waals surface area (Å²) in [6.45, 7) is 2.85. The molecule has 0 spiro atoms. The number of hydrogen-bond acceptors (Lipinski definition) is 6. The molecule has 8 heteroatoms. The predicted octanol–water partition coefficient (Wildman–Crippen LogP) is 4.13. The van der Waals surface area contributed by atoms with Crippen LogP contribution in [0, 0.1) is 17.0 Å². The summed E-state index contributed by atoms with van der Waals surface area (Å²) in [5.74, 6) is 0.140. The minimum Gasteiger partial charge on any atom is -0.469 e. The van der Waals surface area contributed by atoms with E-state index in [9.17, 15) is 19.7 Å². The number of ketones is 1. The molecule has 0 radical (unpaired) electrons. The number of anilines is 1. The van der Waals surface area contributed by atoms with Gasteiger partial charge in [0, 0.05) is 36.3 Å². The van der Waals surface area contributed by atoms with Crippen LogP contribution in [0.2, 0.25) is 0 Å². The third kappa shape index (κ3) is 4.39. The van der Waals surface area contributed by atoms with Crippen molar-refractivity contribution in [3.8, 4) is 0 Å². The highest BCUT2D eigenvalue weighted by molar-refractivity contribution is 6.09. The van der Waals surface area contributed by atoms with Crippen molar-refractivity contribution < 1.29 is 18.9 Å². The molecule has 1 N–H and O–H groups in total. The molecule has 0 bridgehead atoms. The fourth-order valence-electron chi connectivity index (χ4n) is 3.98. The van der Waals surface area contributed by atoms with E-state index in [2.05, 4.69) is 5.32 Å². The van der Waals surface area contributed by atoms with Crippen LogP contribution in [0.15, 0.2) is 65.3 Å². The van der Waals surface area contributed by atoms with Gasteiger partial charge in [-0.05, 0) is 38.0 Å². The molecule has 164 valence electrons. The molecule has 0 aliphatic carbocycles. The minimum absolute atomic E-state index is 0.0222. The molecule has 1 aromatic heterocycles. The number of piperidine rings is 1. The van der Waals surface area contributed by atoms with Crippen LogP contribution in [-0.4, -0.2) is 35.7 Å². The number of nitrogens with one attached hydrogen (secondary N) is 1. The van der Waals surface area contributed by atoms with E-state index in [-0.39, 0.29) is 29.0 Å². The van der Waals surface area contributed by atoms with E-state index in [1.165, 1.54) is 12.3 Å². The van der Waals surface area contributed by atoms with Crippen molar-refractivity contribution in [1.29, 1.82) is 0 Å². The predicted molar refractivity (Wildman–Crippen MR) is 119 cm³/mol. The van der Waals surface area contributed by atoms with Gasteiger partial charge in [0.05, 0.1) is 16.7 Å². The maximum Gasteiger partial charge on any atom is 0.293 e. The van der Waals surface area contributed by atoms with Crippen LogP contribution in [0.4, 0.5) is 11.4 Å². The van der Waals surface area contributed by atoms with Crippen molar-refractivity contribution >= 4 is 23.1 Å². The summed E-state index contributed by atoms with van der Waals surface area (Å²) < 4.78 is 5.18. The van der Waals surface area contributed by atoms with Crippen molar-refractivity contribution in [2.75, 3.05) is 18.0 Å². The lowest BCUT2D eigenvalue weighted by Gasteiger charge is -2.33. The molecule has 0 unspecified atom stereocenters. The highest BCUT2D eigenvalue weighted by Crippen LogP contribution is 2.32. The van der Waals surface area contributed by atoms with E-state index < -0.39 is 4.92 Å². The summed E-state index contributed by atoms with van der Waals surface area (Å²) >= 11 is 0. The van der Waals surface area contributed by atoms with E-state index >= 15 is 0 Å². The first-order valence-corrected chi connectivity index (χ1v) is 10.4. The summed E-state index contributed by atoms with van der Waals surface area (Å²) in [6.07, 6.45) is 2.80. The molecule has 0 atom stereocenters. The number of aryl methyl sites for hydroxylation is 1. The van der Waals surface area contributed by atoms with Crippen LogP contribution in [0.5, 0.6) is 0 Å². The molecule has 1 saturated heterocycles. The van der Waals surface area contributed by atoms with Crippen LogP contribution in [0.3, 0.4) is 0 Å². The highest BCUT2D eigenvalue weighted by Gasteiger charge is 2.27. The second-order valence-electron chi connectivity index (χ2n) is 7.78. The number of nitro benzene ring substituents is 1. The third-order valence-electron chi connectivity index (χ3n) is 5.74. The lowest BCUT2D eigenvalue weighted by atomic mass is 10.00. The Hall–Kier alpha value is -3.94. The zero-order valence-electron chi connectivity index (χ0n) is 17.6. The number of rotatable bonds is 6. The summed E-state index contributed by atoms with van der Waals surface area (Å²) in [4.78, 5) is 38.3. The standard InChI is InChI=1S/C24H23N3O5/c1-16-20(11-14-32-16)24(29)25-19-9-12-26(13-10-19)21-8-7-18(15-22(21)27(30)31)23(28)17-5-3-2-4-6-17/h2-8,11,14-15,19H,9-10,12-13H2,1H3,(H,25,29). The fourth-order valence-corrected chi connectivity index (χ4v) is 3.98. The quantitative estimate of drug-likeness (QED) is 0.356. The third-order valence-corrected chi connectivity index (χ3v) is 5.74. The molecule has 1 amide bonds. The second kappa shape index (κ2) is 9.05. The summed E-state index contributed by atoms with van der Waals surface area (Å²) in [6, 6.07) is 14.9. The summed E-state index contributed by atoms with van der Waals surface area (Å²) in [5.41, 5.74) is 1.67. The van der Waals surface area contributed by atoms with Crippen molar-refractivity contribution in [1.82, 2.24) is 5.32 Å². The molecule has 1 fully saturated rings. The Morgan fingerprint density at radius 1 is 1.06 bits per heavy atom. The smallest absolute Gasteiger partial charge is 0.293 e. The van der Waals surface area contributed by atoms with Gasteiger partial charge in [-0.3, -0.25) is 19.7 Å². The monoisotopic (exact) mass is 433 g/mol. The average Bonchev–Trinajstić information content (AvgIpc) is 3.25. The first kappa shape index (κ1) is 21.3. The summed E-state index contributed by atoms with van der Waals surface area (Å²) in [5, 5.41) is 14.8. The number of hydrogen-bond donors (Lipinski definition) is 1. The minimum atomic E-state index is -0.452. The first-order chi connectivity index (χ1) is 15.4. The molecule has 1 aliphatic heterocycles. The number of amides is 1. The largest absolute Gasteiger partial charge is 0.469 e. The molecule has 0 saturated carbocycles. The van der Waals surface area contributed by atoms with Crippen molar-refractivity contribution in [2.24, 2.45) is 0 Å². The van der Waals surface area contributed by atoms with Gasteiger partial charge in [0.15, 0.2) is 5.78 Å². The molecule has 32 heavy (non-hydrogen) atoms. The Morgan fingerprint density at radius 2 is 1.78 bits per heavy atom. The normalized spacial score (nSPS) is 14.2. The van der Waals surface area contributed by atoms with Crippen molar-refractivity contribution in [2.45, 2.75) is 25.8 Å². The Labute approximate surface area is 185 Å². The molecule has 4 rings (SSSR count). The number of furan rings is 1. The lowest BCUT2D eigenvalue weighted by Crippen LogP contribution is -2.44. The number of nitrogens with zero attached hydrogens (tertiary/aromatic N) is 2. The van der Waals surface area contributed by atoms with Gasteiger partial charge in [-0.25, -0.2) is 0 Å². The van der Waals surface area contributed by atoms with Gasteiger partial charge in [-0.2, -0.15) is 0 Å². The van der Waals surface area contributed by atoms with Crippen molar-refractivity contribution in [3.63, 3.8) is 0 Å². The Kier molecular flexibility index (Phi) is 6.02. The number of carbonyl (C=O) groups is 2. The van der Waals surface area contributed by atoms with E-state index in [0.29, 0.717) is 48.5 Å². The van der Waals surface area contributed by atoms with Gasteiger partial charge in [0.2, 0.25) is 0 Å². The summed E-state index contributed by atoms with van der Waals surface area (Å²) in [7, 11) is 0. The molecule has 2 heterocycles. The zero-order chi connectivity index (χ0) is 22.7. The van der Waals surface area contributed by atoms with Crippen LogP contribution >= 0.6 is 0 Å². The average molecular weight is 433 g/mol. The Balaban J connectivity index is 1.46. The molecule has 2 aromatic carbocycles. The zero-order valence-corrected chi connectivity index (χ0v) is 17.6. The number of nitro groups is 1. The van der Waals surface area contributed by atoms with Crippen LogP contribution < -0.4 is 10.2 Å². The highest BCUT2D eigenvalue weighted by atomic mass is 16.6. The van der Waals surface area contributed by atoms with Gasteiger partial charge in [0.1, 0.15) is 11.4 Å². The lowest BCUT2D eigenvalue weighted by molar-refractivity contribution is -0.384. The van der Waals surface area contributed by atoms with E-state index in [1.54, 1.807) is 49.4 Å². The van der Waals surface area contributed by atoms with Gasteiger partial charge < -0.3 is 14.6 Å². The topological polar surface area (TPSA) is 106 Å². The molecule has 1 aliphatic rings. The maximum absolute atomic E-state index is 12.7. The number of benzene rings is 2. The SMILES string of the molecule is Cc1occc1C(=O)NC1CCN(c2ccc(C(=O)c3ccccc3)cc2[N+](=O)[O-])CC1. The van der Waals surface area contributed by atoms with Crippen LogP contribution in [-0.2, 0) is 0 Å². The molecular formula is C24H23N3O5.